The Bertz CT molecular complexity index is 313. The zero-order valence-corrected chi connectivity index (χ0v) is 9.93. The maximum absolute atomic E-state index is 5.61. The largest absolute Gasteiger partial charge is 0.463 e. The highest BCUT2D eigenvalue weighted by molar-refractivity contribution is 7.99. The average Bonchev–Trinajstić information content (AvgIpc) is 2.69. The normalized spacial score (nSPS) is 23.2. The van der Waals surface area contributed by atoms with E-state index in [9.17, 15) is 0 Å². The van der Waals surface area contributed by atoms with Gasteiger partial charge in [-0.05, 0) is 19.1 Å². The number of rotatable bonds is 3. The average molecular weight is 226 g/mol. The molecule has 0 amide bonds. The molecule has 2 N–H and O–H groups in total. The molecule has 0 bridgehead atoms. The topological polar surface area (TPSA) is 42.4 Å². The smallest absolute Gasteiger partial charge is 0.118 e. The molecule has 0 spiro atoms. The van der Waals surface area contributed by atoms with Crippen LogP contribution in [0, 0.1) is 0 Å². The molecule has 1 aliphatic rings. The summed E-state index contributed by atoms with van der Waals surface area (Å²) in [6.07, 6.45) is 0. The predicted molar refractivity (Wildman–Crippen MR) is 63.8 cm³/mol. The second-order valence-electron chi connectivity index (χ2n) is 3.97. The molecule has 2 heterocycles. The first-order chi connectivity index (χ1) is 7.29. The van der Waals surface area contributed by atoms with Gasteiger partial charge < -0.3 is 10.2 Å². The Morgan fingerprint density at radius 2 is 2.33 bits per heavy atom. The minimum Gasteiger partial charge on any atom is -0.463 e. The van der Waals surface area contributed by atoms with E-state index in [1.807, 2.05) is 23.9 Å². The third-order valence-corrected chi connectivity index (χ3v) is 3.97. The van der Waals surface area contributed by atoms with E-state index < -0.39 is 0 Å². The van der Waals surface area contributed by atoms with Crippen molar-refractivity contribution in [2.45, 2.75) is 26.1 Å². The van der Waals surface area contributed by atoms with E-state index >= 15 is 0 Å². The van der Waals surface area contributed by atoms with E-state index in [-0.39, 0.29) is 0 Å². The van der Waals surface area contributed by atoms with Crippen molar-refractivity contribution in [1.82, 2.24) is 4.90 Å². The van der Waals surface area contributed by atoms with Gasteiger partial charge in [0, 0.05) is 24.1 Å². The van der Waals surface area contributed by atoms with Crippen molar-refractivity contribution in [1.29, 1.82) is 0 Å². The summed E-state index contributed by atoms with van der Waals surface area (Å²) >= 11 is 2.03. The molecule has 0 aliphatic carbocycles. The van der Waals surface area contributed by atoms with E-state index in [2.05, 4.69) is 11.8 Å². The molecule has 1 aromatic rings. The van der Waals surface area contributed by atoms with Crippen LogP contribution in [0.4, 0.5) is 0 Å². The summed E-state index contributed by atoms with van der Waals surface area (Å²) in [4.78, 5) is 2.47. The molecule has 2 rings (SSSR count). The predicted octanol–water partition coefficient (Wildman–Crippen LogP) is 1.68. The molecule has 1 unspecified atom stereocenters. The highest BCUT2D eigenvalue weighted by Crippen LogP contribution is 2.19. The number of hydrogen-bond acceptors (Lipinski definition) is 4. The lowest BCUT2D eigenvalue weighted by molar-refractivity contribution is 0.205. The van der Waals surface area contributed by atoms with Gasteiger partial charge in [-0.2, -0.15) is 11.8 Å². The number of furan rings is 1. The highest BCUT2D eigenvalue weighted by Gasteiger charge is 2.19. The molecule has 15 heavy (non-hydrogen) atoms. The zero-order chi connectivity index (χ0) is 10.7. The number of nitrogens with two attached hydrogens (primary N) is 1. The Morgan fingerprint density at radius 1 is 1.53 bits per heavy atom. The van der Waals surface area contributed by atoms with Gasteiger partial charge in [-0.25, -0.2) is 0 Å². The molecular formula is C11H18N2OS. The minimum atomic E-state index is 0.491. The highest BCUT2D eigenvalue weighted by atomic mass is 32.2. The van der Waals surface area contributed by atoms with Crippen molar-refractivity contribution < 1.29 is 4.42 Å². The molecule has 1 aromatic heterocycles. The first kappa shape index (κ1) is 11.0. The summed E-state index contributed by atoms with van der Waals surface area (Å²) in [6.45, 7) is 4.84. The van der Waals surface area contributed by atoms with Crippen LogP contribution in [0.3, 0.4) is 0 Å². The summed E-state index contributed by atoms with van der Waals surface area (Å²) in [5.74, 6) is 4.37. The number of nitrogens with zero attached hydrogens (tertiary/aromatic N) is 1. The van der Waals surface area contributed by atoms with Crippen molar-refractivity contribution in [3.63, 3.8) is 0 Å². The van der Waals surface area contributed by atoms with Crippen LogP contribution < -0.4 is 5.73 Å². The Morgan fingerprint density at radius 3 is 3.00 bits per heavy atom. The van der Waals surface area contributed by atoms with Gasteiger partial charge in [-0.1, -0.05) is 0 Å². The van der Waals surface area contributed by atoms with Gasteiger partial charge in [0.05, 0.1) is 13.1 Å². The lowest BCUT2D eigenvalue weighted by Crippen LogP contribution is -2.39. The number of hydrogen-bond donors (Lipinski definition) is 1. The van der Waals surface area contributed by atoms with E-state index in [1.54, 1.807) is 0 Å². The quantitative estimate of drug-likeness (QED) is 0.851. The Labute approximate surface area is 95.0 Å². The van der Waals surface area contributed by atoms with E-state index in [1.165, 1.54) is 11.5 Å². The van der Waals surface area contributed by atoms with Gasteiger partial charge in [0.1, 0.15) is 11.5 Å². The third-order valence-electron chi connectivity index (χ3n) is 2.78. The first-order valence-electron chi connectivity index (χ1n) is 5.39. The van der Waals surface area contributed by atoms with E-state index in [0.29, 0.717) is 12.6 Å². The van der Waals surface area contributed by atoms with Crippen LogP contribution in [0.15, 0.2) is 16.5 Å². The van der Waals surface area contributed by atoms with Crippen molar-refractivity contribution in [2.75, 3.05) is 18.1 Å². The monoisotopic (exact) mass is 226 g/mol. The van der Waals surface area contributed by atoms with Crippen molar-refractivity contribution >= 4 is 11.8 Å². The molecule has 0 aromatic carbocycles. The fourth-order valence-corrected chi connectivity index (χ4v) is 2.90. The molecule has 1 aliphatic heterocycles. The molecule has 0 radical (unpaired) electrons. The lowest BCUT2D eigenvalue weighted by atomic mass is 10.3. The molecule has 4 heteroatoms. The molecule has 84 valence electrons. The van der Waals surface area contributed by atoms with Crippen LogP contribution in [0.1, 0.15) is 18.4 Å². The maximum atomic E-state index is 5.61. The summed E-state index contributed by atoms with van der Waals surface area (Å²) in [5, 5.41) is 0. The maximum Gasteiger partial charge on any atom is 0.118 e. The van der Waals surface area contributed by atoms with E-state index in [4.69, 9.17) is 10.2 Å². The lowest BCUT2D eigenvalue weighted by Gasteiger charge is -2.32. The van der Waals surface area contributed by atoms with Gasteiger partial charge in [-0.3, -0.25) is 4.90 Å². The Hall–Kier alpha value is -0.450. The summed E-state index contributed by atoms with van der Waals surface area (Å²) in [7, 11) is 0. The van der Waals surface area contributed by atoms with Crippen LogP contribution in [-0.4, -0.2) is 29.0 Å². The second kappa shape index (κ2) is 5.05. The second-order valence-corrected chi connectivity index (χ2v) is 5.12. The summed E-state index contributed by atoms with van der Waals surface area (Å²) in [5.41, 5.74) is 5.51. The van der Waals surface area contributed by atoms with Crippen LogP contribution in [0.2, 0.25) is 0 Å². The SMILES string of the molecule is CC1CSCCN1Cc1ccc(CN)o1. The van der Waals surface area contributed by atoms with Gasteiger partial charge in [-0.15, -0.1) is 0 Å². The van der Waals surface area contributed by atoms with Gasteiger partial charge in [0.2, 0.25) is 0 Å². The van der Waals surface area contributed by atoms with Crippen LogP contribution in [0.25, 0.3) is 0 Å². The van der Waals surface area contributed by atoms with Gasteiger partial charge in [0.25, 0.3) is 0 Å². The Kier molecular flexibility index (Phi) is 3.72. The standard InChI is InChI=1S/C11H18N2OS/c1-9-8-15-5-4-13(9)7-11-3-2-10(6-12)14-11/h2-3,9H,4-8,12H2,1H3. The third kappa shape index (κ3) is 2.77. The van der Waals surface area contributed by atoms with Crippen molar-refractivity contribution in [2.24, 2.45) is 5.73 Å². The molecule has 1 saturated heterocycles. The van der Waals surface area contributed by atoms with Crippen molar-refractivity contribution in [3.8, 4) is 0 Å². The van der Waals surface area contributed by atoms with Gasteiger partial charge >= 0.3 is 0 Å². The Balaban J connectivity index is 1.95. The molecule has 0 saturated carbocycles. The van der Waals surface area contributed by atoms with Crippen LogP contribution >= 0.6 is 11.8 Å². The van der Waals surface area contributed by atoms with E-state index in [0.717, 1.165) is 24.6 Å². The zero-order valence-electron chi connectivity index (χ0n) is 9.11. The van der Waals surface area contributed by atoms with Gasteiger partial charge in [0.15, 0.2) is 0 Å². The van der Waals surface area contributed by atoms with Crippen LogP contribution in [0.5, 0.6) is 0 Å². The molecule has 3 nitrogen and oxygen atoms in total. The fraction of sp³-hybridized carbons (Fsp3) is 0.636. The molecule has 1 fully saturated rings. The minimum absolute atomic E-state index is 0.491. The van der Waals surface area contributed by atoms with Crippen molar-refractivity contribution in [3.05, 3.63) is 23.7 Å². The fourth-order valence-electron chi connectivity index (χ4n) is 1.81. The summed E-state index contributed by atoms with van der Waals surface area (Å²) < 4.78 is 5.61. The van der Waals surface area contributed by atoms with Crippen LogP contribution in [-0.2, 0) is 13.1 Å². The first-order valence-corrected chi connectivity index (χ1v) is 6.54. The summed E-state index contributed by atoms with van der Waals surface area (Å²) in [6, 6.07) is 4.66. The molecule has 1 atom stereocenters. The number of thioether (sulfide) groups is 1. The molecular weight excluding hydrogens is 208 g/mol.